The molecular formula is C38H42N4O6. The first-order valence-electron chi connectivity index (χ1n) is 16.2. The summed E-state index contributed by atoms with van der Waals surface area (Å²) in [5, 5.41) is 11.9. The lowest BCUT2D eigenvalue weighted by Gasteiger charge is -2.42. The van der Waals surface area contributed by atoms with Crippen LogP contribution in [0.25, 0.3) is 16.9 Å². The van der Waals surface area contributed by atoms with Crippen LogP contribution in [0.2, 0.25) is 0 Å². The molecule has 2 N–H and O–H groups in total. The van der Waals surface area contributed by atoms with Crippen LogP contribution in [0, 0.1) is 0 Å². The van der Waals surface area contributed by atoms with Gasteiger partial charge in [0.1, 0.15) is 5.60 Å². The van der Waals surface area contributed by atoms with Crippen LogP contribution in [0.4, 0.5) is 10.5 Å². The summed E-state index contributed by atoms with van der Waals surface area (Å²) >= 11 is 0. The number of aromatic nitrogens is 1. The van der Waals surface area contributed by atoms with Crippen LogP contribution in [-0.2, 0) is 20.7 Å². The fraction of sp³-hybridized carbons (Fsp3) is 0.316. The van der Waals surface area contributed by atoms with Crippen molar-refractivity contribution in [2.75, 3.05) is 25.0 Å². The maximum Gasteiger partial charge on any atom is 0.410 e. The Morgan fingerprint density at radius 2 is 1.52 bits per heavy atom. The molecule has 0 spiro atoms. The quantitative estimate of drug-likeness (QED) is 0.199. The number of carbonyl (C=O) groups is 4. The number of carboxylic acid groups (broad SMARTS) is 1. The van der Waals surface area contributed by atoms with Gasteiger partial charge in [-0.1, -0.05) is 72.8 Å². The molecule has 10 nitrogen and oxygen atoms in total. The Morgan fingerprint density at radius 3 is 2.21 bits per heavy atom. The molecule has 48 heavy (non-hydrogen) atoms. The zero-order valence-corrected chi connectivity index (χ0v) is 27.6. The Labute approximate surface area is 280 Å². The maximum atomic E-state index is 14.6. The number of benzene rings is 3. The number of ether oxygens (including phenoxy) is 1. The lowest BCUT2D eigenvalue weighted by Crippen LogP contribution is -2.57. The molecule has 1 saturated heterocycles. The molecule has 1 atom stereocenters. The minimum absolute atomic E-state index is 0.0691. The second-order valence-electron chi connectivity index (χ2n) is 12.9. The Morgan fingerprint density at radius 1 is 0.854 bits per heavy atom. The fourth-order valence-electron chi connectivity index (χ4n) is 5.93. The van der Waals surface area contributed by atoms with Crippen LogP contribution in [0.15, 0.2) is 97.2 Å². The molecule has 3 aromatic carbocycles. The molecule has 4 aromatic rings. The van der Waals surface area contributed by atoms with Gasteiger partial charge in [0, 0.05) is 38.7 Å². The van der Waals surface area contributed by atoms with Crippen molar-refractivity contribution in [3.63, 3.8) is 0 Å². The monoisotopic (exact) mass is 650 g/mol. The number of para-hydroxylation sites is 2. The lowest BCUT2D eigenvalue weighted by molar-refractivity contribution is -0.137. The van der Waals surface area contributed by atoms with Gasteiger partial charge in [-0.15, -0.1) is 0 Å². The number of carbonyl (C=O) groups excluding carboxylic acids is 3. The van der Waals surface area contributed by atoms with E-state index < -0.39 is 17.7 Å². The molecule has 5 rings (SSSR count). The predicted molar refractivity (Wildman–Crippen MR) is 184 cm³/mol. The van der Waals surface area contributed by atoms with Crippen molar-refractivity contribution in [1.82, 2.24) is 14.4 Å². The van der Waals surface area contributed by atoms with Crippen LogP contribution in [0.3, 0.4) is 0 Å². The minimum atomic E-state index is -0.947. The molecule has 0 bridgehead atoms. The van der Waals surface area contributed by atoms with Gasteiger partial charge in [0.2, 0.25) is 5.91 Å². The van der Waals surface area contributed by atoms with Gasteiger partial charge >= 0.3 is 12.1 Å². The third-order valence-electron chi connectivity index (χ3n) is 8.11. The lowest BCUT2D eigenvalue weighted by atomic mass is 10.00. The van der Waals surface area contributed by atoms with E-state index in [0.717, 1.165) is 11.1 Å². The van der Waals surface area contributed by atoms with E-state index in [2.05, 4.69) is 5.32 Å². The summed E-state index contributed by atoms with van der Waals surface area (Å²) in [4.78, 5) is 55.0. The SMILES string of the molecule is CC(C)(C)OC(=O)N1CCN(C(=O)c2ccn(-c3ccccc3NC(=O)CCCC(=O)O)c2-c2ccccc2)C(Cc2ccccc2)C1. The Hall–Kier alpha value is -5.38. The molecule has 0 radical (unpaired) electrons. The molecule has 1 aliphatic rings. The summed E-state index contributed by atoms with van der Waals surface area (Å²) in [6.45, 7) is 6.51. The van der Waals surface area contributed by atoms with E-state index in [1.54, 1.807) is 17.0 Å². The number of carboxylic acids is 1. The van der Waals surface area contributed by atoms with Crippen LogP contribution in [0.1, 0.15) is 56.0 Å². The molecule has 10 heteroatoms. The van der Waals surface area contributed by atoms with Crippen LogP contribution < -0.4 is 5.32 Å². The predicted octanol–water partition coefficient (Wildman–Crippen LogP) is 6.64. The summed E-state index contributed by atoms with van der Waals surface area (Å²) in [7, 11) is 0. The molecule has 1 unspecified atom stereocenters. The number of nitrogens with one attached hydrogen (secondary N) is 1. The number of piperazine rings is 1. The van der Waals surface area contributed by atoms with Gasteiger partial charge in [0.25, 0.3) is 5.91 Å². The smallest absolute Gasteiger partial charge is 0.410 e. The number of hydrogen-bond donors (Lipinski definition) is 2. The summed E-state index contributed by atoms with van der Waals surface area (Å²) in [6.07, 6.45) is 2.20. The molecule has 1 aliphatic heterocycles. The Bertz CT molecular complexity index is 1750. The Kier molecular flexibility index (Phi) is 10.6. The molecular weight excluding hydrogens is 608 g/mol. The number of nitrogens with zero attached hydrogens (tertiary/aromatic N) is 3. The van der Waals surface area contributed by atoms with Crippen molar-refractivity contribution in [3.05, 3.63) is 108 Å². The van der Waals surface area contributed by atoms with E-state index in [1.165, 1.54) is 0 Å². The van der Waals surface area contributed by atoms with Crippen molar-refractivity contribution in [2.24, 2.45) is 0 Å². The van der Waals surface area contributed by atoms with Gasteiger partial charge in [-0.05, 0) is 62.9 Å². The molecule has 1 fully saturated rings. The van der Waals surface area contributed by atoms with E-state index in [-0.39, 0.29) is 37.1 Å². The zero-order chi connectivity index (χ0) is 34.3. The number of rotatable bonds is 10. The van der Waals surface area contributed by atoms with Crippen molar-refractivity contribution in [2.45, 2.75) is 58.1 Å². The van der Waals surface area contributed by atoms with Crippen LogP contribution in [-0.4, -0.2) is 74.6 Å². The van der Waals surface area contributed by atoms with Gasteiger partial charge in [-0.2, -0.15) is 0 Å². The van der Waals surface area contributed by atoms with Crippen molar-refractivity contribution in [1.29, 1.82) is 0 Å². The average molecular weight is 651 g/mol. The van der Waals surface area contributed by atoms with Crippen molar-refractivity contribution < 1.29 is 29.0 Å². The second kappa shape index (κ2) is 15.0. The molecule has 1 aromatic heterocycles. The summed E-state index contributed by atoms with van der Waals surface area (Å²) in [5.74, 6) is -1.40. The highest BCUT2D eigenvalue weighted by Crippen LogP contribution is 2.33. The zero-order valence-electron chi connectivity index (χ0n) is 27.6. The molecule has 250 valence electrons. The van der Waals surface area contributed by atoms with Gasteiger partial charge in [0.15, 0.2) is 0 Å². The highest BCUT2D eigenvalue weighted by molar-refractivity contribution is 6.01. The van der Waals surface area contributed by atoms with Gasteiger partial charge in [0.05, 0.1) is 28.7 Å². The first-order chi connectivity index (χ1) is 23.0. The maximum absolute atomic E-state index is 14.6. The first-order valence-corrected chi connectivity index (χ1v) is 16.2. The van der Waals surface area contributed by atoms with Crippen LogP contribution >= 0.6 is 0 Å². The van der Waals surface area contributed by atoms with Crippen molar-refractivity contribution in [3.8, 4) is 16.9 Å². The number of amides is 3. The van der Waals surface area contributed by atoms with Gasteiger partial charge in [-0.3, -0.25) is 14.4 Å². The Balaban J connectivity index is 1.49. The highest BCUT2D eigenvalue weighted by Gasteiger charge is 2.36. The van der Waals surface area contributed by atoms with E-state index >= 15 is 0 Å². The first kappa shape index (κ1) is 34.0. The number of aliphatic carboxylic acids is 1. The minimum Gasteiger partial charge on any atom is -0.481 e. The number of anilines is 1. The summed E-state index contributed by atoms with van der Waals surface area (Å²) in [6, 6.07) is 28.4. The normalized spacial score (nSPS) is 14.8. The summed E-state index contributed by atoms with van der Waals surface area (Å²) < 4.78 is 7.58. The van der Waals surface area contributed by atoms with Gasteiger partial charge in [-0.25, -0.2) is 4.79 Å². The second-order valence-corrected chi connectivity index (χ2v) is 12.9. The third-order valence-corrected chi connectivity index (χ3v) is 8.11. The van der Waals surface area contributed by atoms with E-state index in [4.69, 9.17) is 9.84 Å². The van der Waals surface area contributed by atoms with Gasteiger partial charge < -0.3 is 29.5 Å². The molecule has 0 saturated carbocycles. The van der Waals surface area contributed by atoms with E-state index in [9.17, 15) is 19.2 Å². The standard InChI is InChI=1S/C38H42N4O6/c1-38(2,3)48-37(47)40-23-24-41(29(26-40)25-27-13-6-4-7-14-27)36(46)30-21-22-42(35(30)28-15-8-5-9-16-28)32-18-11-10-17-31(32)39-33(43)19-12-20-34(44)45/h4-11,13-18,21-22,29H,12,19-20,23-26H2,1-3H3,(H,39,43)(H,44,45). The molecule has 0 aliphatic carbocycles. The fourth-order valence-corrected chi connectivity index (χ4v) is 5.93. The summed E-state index contributed by atoms with van der Waals surface area (Å²) in [5.41, 5.74) is 3.60. The van der Waals surface area contributed by atoms with E-state index in [1.807, 2.05) is 115 Å². The topological polar surface area (TPSA) is 121 Å². The van der Waals surface area contributed by atoms with Crippen molar-refractivity contribution >= 4 is 29.6 Å². The largest absolute Gasteiger partial charge is 0.481 e. The third kappa shape index (κ3) is 8.50. The average Bonchev–Trinajstić information content (AvgIpc) is 3.50. The number of hydrogen-bond acceptors (Lipinski definition) is 5. The van der Waals surface area contributed by atoms with E-state index in [0.29, 0.717) is 48.7 Å². The molecule has 3 amide bonds. The molecule has 2 heterocycles. The van der Waals surface area contributed by atoms with Crippen LogP contribution in [0.5, 0.6) is 0 Å². The highest BCUT2D eigenvalue weighted by atomic mass is 16.6.